The molecule has 0 fully saturated rings. The monoisotopic (exact) mass is 144 g/mol. The summed E-state index contributed by atoms with van der Waals surface area (Å²) < 4.78 is 5.06. The Kier molecular flexibility index (Phi) is 15.8. The molecule has 2 nitrogen and oxygen atoms in total. The van der Waals surface area contributed by atoms with Gasteiger partial charge in [0.15, 0.2) is 0 Å². The minimum atomic E-state index is 0. The fourth-order valence-electron chi connectivity index (χ4n) is 0.413. The van der Waals surface area contributed by atoms with Crippen LogP contribution in [0.5, 0.6) is 0 Å². The molecule has 0 saturated heterocycles. The van der Waals surface area contributed by atoms with Gasteiger partial charge in [0.2, 0.25) is 0 Å². The molecule has 0 aromatic heterocycles. The summed E-state index contributed by atoms with van der Waals surface area (Å²) in [6.45, 7) is 3.83. The summed E-state index contributed by atoms with van der Waals surface area (Å²) in [5.74, 6) is 0. The van der Waals surface area contributed by atoms with Gasteiger partial charge in [0, 0.05) is 19.8 Å². The SMILES string of the molecule is CCCOCCCO.[MgH2]. The van der Waals surface area contributed by atoms with Crippen LogP contribution in [0.15, 0.2) is 0 Å². The van der Waals surface area contributed by atoms with Gasteiger partial charge in [-0.25, -0.2) is 0 Å². The molecule has 0 aromatic carbocycles. The van der Waals surface area contributed by atoms with Crippen molar-refractivity contribution in [3.63, 3.8) is 0 Å². The van der Waals surface area contributed by atoms with Gasteiger partial charge >= 0.3 is 23.1 Å². The Labute approximate surface area is 72.7 Å². The lowest BCUT2D eigenvalue weighted by Gasteiger charge is -1.97. The summed E-state index contributed by atoms with van der Waals surface area (Å²) in [6.07, 6.45) is 1.82. The average molecular weight is 144 g/mol. The molecular weight excluding hydrogens is 128 g/mol. The van der Waals surface area contributed by atoms with Crippen LogP contribution in [0.4, 0.5) is 0 Å². The molecule has 0 amide bonds. The molecule has 0 aliphatic rings. The first-order chi connectivity index (χ1) is 3.91. The molecule has 0 aromatic rings. The van der Waals surface area contributed by atoms with Gasteiger partial charge < -0.3 is 9.84 Å². The highest BCUT2D eigenvalue weighted by molar-refractivity contribution is 5.75. The van der Waals surface area contributed by atoms with E-state index in [0.29, 0.717) is 6.61 Å². The summed E-state index contributed by atoms with van der Waals surface area (Å²) in [6, 6.07) is 0. The quantitative estimate of drug-likeness (QED) is 0.431. The van der Waals surface area contributed by atoms with Gasteiger partial charge in [-0.15, -0.1) is 0 Å². The van der Waals surface area contributed by atoms with Crippen LogP contribution in [0.3, 0.4) is 0 Å². The van der Waals surface area contributed by atoms with E-state index in [9.17, 15) is 0 Å². The summed E-state index contributed by atoms with van der Waals surface area (Å²) in [5, 5.41) is 8.29. The molecule has 0 radical (unpaired) electrons. The number of hydrogen-bond acceptors (Lipinski definition) is 2. The van der Waals surface area contributed by atoms with Gasteiger partial charge in [-0.05, 0) is 12.8 Å². The molecule has 0 saturated carbocycles. The fourth-order valence-corrected chi connectivity index (χ4v) is 0.413. The van der Waals surface area contributed by atoms with E-state index in [0.717, 1.165) is 19.4 Å². The van der Waals surface area contributed by atoms with Crippen LogP contribution >= 0.6 is 0 Å². The highest BCUT2D eigenvalue weighted by atomic mass is 24.3. The lowest BCUT2D eigenvalue weighted by Crippen LogP contribution is -1.97. The third-order valence-corrected chi connectivity index (χ3v) is 0.795. The van der Waals surface area contributed by atoms with E-state index in [1.165, 1.54) is 0 Å². The Balaban J connectivity index is 0. The van der Waals surface area contributed by atoms with E-state index in [4.69, 9.17) is 9.84 Å². The third kappa shape index (κ3) is 12.0. The van der Waals surface area contributed by atoms with Crippen LogP contribution in [0.2, 0.25) is 0 Å². The van der Waals surface area contributed by atoms with Crippen molar-refractivity contribution in [1.82, 2.24) is 0 Å². The minimum absolute atomic E-state index is 0. The van der Waals surface area contributed by atoms with Crippen molar-refractivity contribution in [2.24, 2.45) is 0 Å². The largest absolute Gasteiger partial charge is 0.396 e. The van der Waals surface area contributed by atoms with Crippen LogP contribution in [0, 0.1) is 0 Å². The molecule has 0 rings (SSSR count). The van der Waals surface area contributed by atoms with E-state index in [1.807, 2.05) is 0 Å². The number of aliphatic hydroxyl groups is 1. The molecular formula is C6H16MgO2. The summed E-state index contributed by atoms with van der Waals surface area (Å²) in [5.41, 5.74) is 0. The van der Waals surface area contributed by atoms with Crippen molar-refractivity contribution < 1.29 is 9.84 Å². The van der Waals surface area contributed by atoms with Crippen molar-refractivity contribution in [3.8, 4) is 0 Å². The molecule has 9 heavy (non-hydrogen) atoms. The lowest BCUT2D eigenvalue weighted by atomic mass is 10.5. The molecule has 0 aliphatic heterocycles. The van der Waals surface area contributed by atoms with Gasteiger partial charge in [-0.2, -0.15) is 0 Å². The number of aliphatic hydroxyl groups excluding tert-OH is 1. The van der Waals surface area contributed by atoms with Crippen LogP contribution in [0.25, 0.3) is 0 Å². The van der Waals surface area contributed by atoms with Crippen LogP contribution < -0.4 is 0 Å². The predicted octanol–water partition coefficient (Wildman–Crippen LogP) is -0.121. The minimum Gasteiger partial charge on any atom is -0.396 e. The number of ether oxygens (including phenoxy) is 1. The zero-order chi connectivity index (χ0) is 6.24. The third-order valence-electron chi connectivity index (χ3n) is 0.795. The predicted molar refractivity (Wildman–Crippen MR) is 41.4 cm³/mol. The molecule has 1 N–H and O–H groups in total. The Morgan fingerprint density at radius 2 is 2.00 bits per heavy atom. The van der Waals surface area contributed by atoms with E-state index in [1.54, 1.807) is 0 Å². The van der Waals surface area contributed by atoms with Gasteiger partial charge in [0.05, 0.1) is 0 Å². The maximum absolute atomic E-state index is 8.29. The average Bonchev–Trinajstić information content (AvgIpc) is 1.81. The summed E-state index contributed by atoms with van der Waals surface area (Å²) >= 11 is 0. The maximum Gasteiger partial charge on any atom is 0.316 e. The normalized spacial score (nSPS) is 8.67. The second-order valence-electron chi connectivity index (χ2n) is 1.69. The number of rotatable bonds is 5. The van der Waals surface area contributed by atoms with E-state index >= 15 is 0 Å². The molecule has 3 heteroatoms. The van der Waals surface area contributed by atoms with Gasteiger partial charge in [-0.1, -0.05) is 6.92 Å². The molecule has 0 bridgehead atoms. The molecule has 0 atom stereocenters. The highest BCUT2D eigenvalue weighted by Crippen LogP contribution is 1.82. The van der Waals surface area contributed by atoms with Crippen molar-refractivity contribution in [1.29, 1.82) is 0 Å². The fraction of sp³-hybridized carbons (Fsp3) is 1.00. The Morgan fingerprint density at radius 1 is 1.33 bits per heavy atom. The first kappa shape index (κ1) is 12.4. The van der Waals surface area contributed by atoms with Crippen molar-refractivity contribution >= 4 is 23.1 Å². The Hall–Kier alpha value is 0.686. The molecule has 0 unspecified atom stereocenters. The van der Waals surface area contributed by atoms with Crippen molar-refractivity contribution in [3.05, 3.63) is 0 Å². The Morgan fingerprint density at radius 3 is 2.44 bits per heavy atom. The van der Waals surface area contributed by atoms with Gasteiger partial charge in [0.25, 0.3) is 0 Å². The summed E-state index contributed by atoms with van der Waals surface area (Å²) in [4.78, 5) is 0. The van der Waals surface area contributed by atoms with Crippen LogP contribution in [0.1, 0.15) is 19.8 Å². The zero-order valence-electron chi connectivity index (χ0n) is 5.39. The van der Waals surface area contributed by atoms with Gasteiger partial charge in [-0.3, -0.25) is 0 Å². The van der Waals surface area contributed by atoms with E-state index in [2.05, 4.69) is 6.92 Å². The second-order valence-corrected chi connectivity index (χ2v) is 1.69. The van der Waals surface area contributed by atoms with Crippen LogP contribution in [-0.4, -0.2) is 48.0 Å². The smallest absolute Gasteiger partial charge is 0.316 e. The van der Waals surface area contributed by atoms with Crippen molar-refractivity contribution in [2.45, 2.75) is 19.8 Å². The lowest BCUT2D eigenvalue weighted by molar-refractivity contribution is 0.116. The summed E-state index contributed by atoms with van der Waals surface area (Å²) in [7, 11) is 0. The molecule has 0 spiro atoms. The van der Waals surface area contributed by atoms with E-state index < -0.39 is 0 Å². The first-order valence-corrected chi connectivity index (χ1v) is 3.10. The van der Waals surface area contributed by atoms with Crippen molar-refractivity contribution in [2.75, 3.05) is 19.8 Å². The van der Waals surface area contributed by atoms with Gasteiger partial charge in [0.1, 0.15) is 0 Å². The molecule has 54 valence electrons. The first-order valence-electron chi connectivity index (χ1n) is 3.10. The highest BCUT2D eigenvalue weighted by Gasteiger charge is 1.82. The zero-order valence-corrected chi connectivity index (χ0v) is 5.39. The molecule has 0 aliphatic carbocycles. The Bertz CT molecular complexity index is 36.0. The number of hydrogen-bond donors (Lipinski definition) is 1. The maximum atomic E-state index is 8.29. The molecule has 0 heterocycles. The van der Waals surface area contributed by atoms with E-state index in [-0.39, 0.29) is 29.7 Å². The standard InChI is InChI=1S/C6H14O2.Mg.2H/c1-2-5-8-6-3-4-7;;;/h7H,2-6H2,1H3;;;. The van der Waals surface area contributed by atoms with Crippen LogP contribution in [-0.2, 0) is 4.74 Å². The topological polar surface area (TPSA) is 29.5 Å². The second kappa shape index (κ2) is 11.5.